The fourth-order valence-electron chi connectivity index (χ4n) is 0.287. The molecule has 0 atom stereocenters. The van der Waals surface area contributed by atoms with Gasteiger partial charge in [0.25, 0.3) is 0 Å². The fraction of sp³-hybridized carbons (Fsp3) is 0.700. The molecule has 0 aliphatic carbocycles. The number of aliphatic imine (C=N–C) groups is 1. The lowest BCUT2D eigenvalue weighted by Crippen LogP contribution is -3.02. The summed E-state index contributed by atoms with van der Waals surface area (Å²) in [6, 6.07) is 0. The Labute approximate surface area is 110 Å². The van der Waals surface area contributed by atoms with Gasteiger partial charge in [0.05, 0.1) is 28.3 Å². The van der Waals surface area contributed by atoms with Crippen molar-refractivity contribution in [2.75, 3.05) is 34.8 Å². The smallest absolute Gasteiger partial charge is 0.397 e. The Bertz CT molecular complexity index is 309. The van der Waals surface area contributed by atoms with Crippen LogP contribution in [0.5, 0.6) is 0 Å². The predicted molar refractivity (Wildman–Crippen MR) is 70.1 cm³/mol. The molecule has 0 spiro atoms. The molecule has 0 aromatic carbocycles. The molecule has 0 amide bonds. The molecule has 0 rings (SSSR count). The summed E-state index contributed by atoms with van der Waals surface area (Å²) in [7, 11) is 2.96. The van der Waals surface area contributed by atoms with Crippen LogP contribution in [0.1, 0.15) is 13.3 Å². The highest BCUT2D eigenvalue weighted by molar-refractivity contribution is 7.80. The fourth-order valence-corrected chi connectivity index (χ4v) is 0.287. The number of hydrogen-bond donors (Lipinski definition) is 2. The number of quaternary nitrogens is 1. The molecule has 7 nitrogen and oxygen atoms in total. The van der Waals surface area contributed by atoms with E-state index in [1.165, 1.54) is 11.0 Å². The van der Waals surface area contributed by atoms with E-state index in [9.17, 15) is 13.5 Å². The summed E-state index contributed by atoms with van der Waals surface area (Å²) >= 11 is 0. The van der Waals surface area contributed by atoms with Crippen LogP contribution < -0.4 is 10.0 Å². The van der Waals surface area contributed by atoms with Gasteiger partial charge in [0.1, 0.15) is 0 Å². The highest BCUT2D eigenvalue weighted by Crippen LogP contribution is 1.77. The number of rotatable bonds is 4. The van der Waals surface area contributed by atoms with Crippen molar-refractivity contribution in [3.8, 4) is 0 Å². The largest absolute Gasteiger partial charge is 0.859 e. The predicted octanol–water partition coefficient (Wildman–Crippen LogP) is -1.46. The van der Waals surface area contributed by atoms with Gasteiger partial charge < -0.3 is 15.0 Å². The quantitative estimate of drug-likeness (QED) is 0.373. The van der Waals surface area contributed by atoms with Gasteiger partial charge in [0.15, 0.2) is 0 Å². The van der Waals surface area contributed by atoms with E-state index >= 15 is 0 Å². The zero-order valence-electron chi connectivity index (χ0n) is 11.6. The molecule has 0 aromatic heterocycles. The van der Waals surface area contributed by atoms with Gasteiger partial charge in [-0.3, -0.25) is 8.74 Å². The second-order valence-corrected chi connectivity index (χ2v) is 4.71. The Balaban J connectivity index is -0.000000200. The van der Waals surface area contributed by atoms with Gasteiger partial charge in [0.2, 0.25) is 0 Å². The van der Waals surface area contributed by atoms with Crippen molar-refractivity contribution < 1.29 is 27.2 Å². The Kier molecular flexibility index (Phi) is 17.4. The van der Waals surface area contributed by atoms with Crippen LogP contribution in [0.25, 0.3) is 0 Å². The third-order valence-corrected chi connectivity index (χ3v) is 1.30. The maximum Gasteiger partial charge on any atom is 0.397 e. The first-order chi connectivity index (χ1) is 8.10. The lowest BCUT2D eigenvalue weighted by atomic mass is 10.5. The molecule has 0 bridgehead atoms. The van der Waals surface area contributed by atoms with Crippen LogP contribution in [0.3, 0.4) is 0 Å². The van der Waals surface area contributed by atoms with Crippen molar-refractivity contribution in [3.63, 3.8) is 0 Å². The van der Waals surface area contributed by atoms with Crippen molar-refractivity contribution in [2.24, 2.45) is 4.99 Å². The van der Waals surface area contributed by atoms with E-state index in [0.717, 1.165) is 13.5 Å². The molecule has 0 unspecified atom stereocenters. The number of nitrogens with one attached hydrogen (secondary N) is 1. The van der Waals surface area contributed by atoms with Crippen molar-refractivity contribution >= 4 is 16.3 Å². The molecule has 0 radical (unpaired) electrons. The first kappa shape index (κ1) is 22.2. The topological polar surface area (TPSA) is 103 Å². The Hall–Kier alpha value is -0.960. The zero-order chi connectivity index (χ0) is 15.2. The Morgan fingerprint density at radius 1 is 1.50 bits per heavy atom. The molecule has 0 aliphatic rings. The molecule has 0 fully saturated rings. The summed E-state index contributed by atoms with van der Waals surface area (Å²) < 4.78 is 29.7. The van der Waals surface area contributed by atoms with Crippen LogP contribution >= 0.6 is 0 Å². The van der Waals surface area contributed by atoms with Gasteiger partial charge in [0, 0.05) is 6.54 Å². The molecule has 18 heavy (non-hydrogen) atoms. The lowest BCUT2D eigenvalue weighted by Gasteiger charge is -2.00. The summed E-state index contributed by atoms with van der Waals surface area (Å²) in [6.45, 7) is 5.86. The van der Waals surface area contributed by atoms with Crippen LogP contribution in [-0.2, 0) is 14.6 Å². The summed E-state index contributed by atoms with van der Waals surface area (Å²) in [5.74, 6) is -0.216. The number of hydrogen-bond acceptors (Lipinski definition) is 5. The third kappa shape index (κ3) is 45.9. The molecular weight excluding hydrogens is 260 g/mol. The Morgan fingerprint density at radius 2 is 1.83 bits per heavy atom. The zero-order valence-corrected chi connectivity index (χ0v) is 12.5. The van der Waals surface area contributed by atoms with E-state index in [0.29, 0.717) is 6.54 Å². The van der Waals surface area contributed by atoms with Crippen molar-refractivity contribution in [3.05, 3.63) is 12.7 Å². The summed E-state index contributed by atoms with van der Waals surface area (Å²) in [6.07, 6.45) is 2.13. The molecule has 0 saturated heterocycles. The molecule has 0 aromatic rings. The maximum absolute atomic E-state index is 10.3. The van der Waals surface area contributed by atoms with Gasteiger partial charge in [-0.2, -0.15) is 8.42 Å². The standard InChI is InChI=1S/C6H11NO.C3H9N.CH4O4S/c1-3-5-7-6(8)4-2;1-4(2)3;1-5-6(2,3)4/h4H,2-3,5H2,1H3,(H,7,8);1-3H3;1H3,(H,2,3,4). The molecular formula is C10H24N2O5S. The molecule has 110 valence electrons. The van der Waals surface area contributed by atoms with Gasteiger partial charge in [-0.1, -0.05) is 19.6 Å². The van der Waals surface area contributed by atoms with E-state index in [2.05, 4.69) is 36.9 Å². The van der Waals surface area contributed by atoms with Crippen molar-refractivity contribution in [2.45, 2.75) is 13.3 Å². The molecule has 8 heteroatoms. The molecule has 0 heterocycles. The molecule has 2 N–H and O–H groups in total. The highest BCUT2D eigenvalue weighted by Gasteiger charge is 1.94. The summed E-state index contributed by atoms with van der Waals surface area (Å²) in [4.78, 5) is 5.02. The normalized spacial score (nSPS) is 10.9. The minimum Gasteiger partial charge on any atom is -0.859 e. The monoisotopic (exact) mass is 284 g/mol. The van der Waals surface area contributed by atoms with Gasteiger partial charge in [-0.05, 0) is 12.3 Å². The van der Waals surface area contributed by atoms with Crippen LogP contribution in [-0.4, -0.2) is 53.7 Å². The van der Waals surface area contributed by atoms with Gasteiger partial charge in [-0.15, -0.1) is 0 Å². The Morgan fingerprint density at radius 3 is 2.00 bits per heavy atom. The number of nitrogens with zero attached hydrogens (tertiary/aromatic N) is 1. The van der Waals surface area contributed by atoms with Crippen molar-refractivity contribution in [1.82, 2.24) is 0 Å². The van der Waals surface area contributed by atoms with Gasteiger partial charge in [-0.25, -0.2) is 0 Å². The average molecular weight is 284 g/mol. The van der Waals surface area contributed by atoms with E-state index in [-0.39, 0.29) is 5.90 Å². The third-order valence-electron chi connectivity index (χ3n) is 0.876. The summed E-state index contributed by atoms with van der Waals surface area (Å²) in [5.41, 5.74) is 0. The minimum atomic E-state index is -4.16. The minimum absolute atomic E-state index is 0.216. The second kappa shape index (κ2) is 14.1. The average Bonchev–Trinajstić information content (AvgIpc) is 2.25. The first-order valence-corrected chi connectivity index (χ1v) is 6.60. The molecule has 0 saturated carbocycles. The summed E-state index contributed by atoms with van der Waals surface area (Å²) in [5, 5.41) is 10.3. The van der Waals surface area contributed by atoms with E-state index in [1.807, 2.05) is 6.92 Å². The molecule has 0 aliphatic heterocycles. The van der Waals surface area contributed by atoms with Crippen molar-refractivity contribution in [1.29, 1.82) is 0 Å². The van der Waals surface area contributed by atoms with Crippen LogP contribution in [0.2, 0.25) is 0 Å². The van der Waals surface area contributed by atoms with Gasteiger partial charge >= 0.3 is 10.4 Å². The van der Waals surface area contributed by atoms with Crippen LogP contribution in [0, 0.1) is 0 Å². The second-order valence-electron chi connectivity index (χ2n) is 3.52. The lowest BCUT2D eigenvalue weighted by molar-refractivity contribution is -0.836. The first-order valence-electron chi connectivity index (χ1n) is 5.24. The maximum atomic E-state index is 10.3. The van der Waals surface area contributed by atoms with Crippen LogP contribution in [0.4, 0.5) is 0 Å². The van der Waals surface area contributed by atoms with E-state index < -0.39 is 10.4 Å². The van der Waals surface area contributed by atoms with E-state index in [1.54, 1.807) is 0 Å². The SMILES string of the molecule is C=CC([O-])=NCCC.COS(=O)(=O)O.C[NH+](C)C. The van der Waals surface area contributed by atoms with Crippen LogP contribution in [0.15, 0.2) is 17.6 Å². The van der Waals surface area contributed by atoms with E-state index in [4.69, 9.17) is 4.55 Å². The highest BCUT2D eigenvalue weighted by atomic mass is 32.3.